The van der Waals surface area contributed by atoms with Crippen LogP contribution in [0.25, 0.3) is 0 Å². The number of piperidine rings is 1. The van der Waals surface area contributed by atoms with E-state index in [4.69, 9.17) is 20.2 Å². The van der Waals surface area contributed by atoms with Crippen LogP contribution in [0.5, 0.6) is 11.6 Å². The maximum absolute atomic E-state index is 11.8. The highest BCUT2D eigenvalue weighted by atomic mass is 16.5. The van der Waals surface area contributed by atoms with E-state index in [1.54, 1.807) is 6.20 Å². The Morgan fingerprint density at radius 3 is 2.73 bits per heavy atom. The Bertz CT molecular complexity index is 916. The Labute approximate surface area is 176 Å². The van der Waals surface area contributed by atoms with E-state index < -0.39 is 5.54 Å². The molecule has 8 heteroatoms. The second-order valence-corrected chi connectivity index (χ2v) is 8.72. The maximum Gasteiger partial charge on any atom is 0.253 e. The summed E-state index contributed by atoms with van der Waals surface area (Å²) in [5.41, 5.74) is 8.10. The molecule has 0 atom stereocenters. The van der Waals surface area contributed by atoms with Crippen molar-refractivity contribution in [3.63, 3.8) is 0 Å². The molecule has 2 aromatic heterocycles. The molecule has 2 aliphatic heterocycles. The molecule has 4 heterocycles. The van der Waals surface area contributed by atoms with Crippen LogP contribution < -0.4 is 25.4 Å². The number of anilines is 1. The van der Waals surface area contributed by atoms with Gasteiger partial charge in [-0.2, -0.15) is 0 Å². The molecule has 8 nitrogen and oxygen atoms in total. The van der Waals surface area contributed by atoms with Crippen molar-refractivity contribution in [2.24, 2.45) is 5.73 Å². The summed E-state index contributed by atoms with van der Waals surface area (Å²) in [6, 6.07) is 5.64. The molecule has 0 spiro atoms. The lowest BCUT2D eigenvalue weighted by Crippen LogP contribution is -2.39. The monoisotopic (exact) mass is 411 g/mol. The summed E-state index contributed by atoms with van der Waals surface area (Å²) >= 11 is 0. The number of amides is 1. The van der Waals surface area contributed by atoms with Gasteiger partial charge in [-0.15, -0.1) is 0 Å². The van der Waals surface area contributed by atoms with E-state index in [1.165, 1.54) is 0 Å². The minimum atomic E-state index is -0.400. The summed E-state index contributed by atoms with van der Waals surface area (Å²) in [6.07, 6.45) is 3.63. The van der Waals surface area contributed by atoms with E-state index in [0.29, 0.717) is 24.6 Å². The zero-order valence-corrected chi connectivity index (χ0v) is 17.8. The third kappa shape index (κ3) is 4.64. The molecule has 0 aliphatic carbocycles. The van der Waals surface area contributed by atoms with Crippen LogP contribution in [0.1, 0.15) is 48.3 Å². The van der Waals surface area contributed by atoms with Gasteiger partial charge in [-0.25, -0.2) is 9.97 Å². The van der Waals surface area contributed by atoms with E-state index >= 15 is 0 Å². The predicted octanol–water partition coefficient (Wildman–Crippen LogP) is 2.19. The summed E-state index contributed by atoms with van der Waals surface area (Å²) < 4.78 is 11.7. The Morgan fingerprint density at radius 2 is 2.07 bits per heavy atom. The first-order valence-electron chi connectivity index (χ1n) is 10.4. The number of rotatable bonds is 6. The summed E-state index contributed by atoms with van der Waals surface area (Å²) in [6.45, 7) is 8.46. The van der Waals surface area contributed by atoms with Gasteiger partial charge < -0.3 is 25.4 Å². The molecule has 1 saturated heterocycles. The number of nitrogens with zero attached hydrogens (tertiary/aromatic N) is 3. The fraction of sp³-hybridized carbons (Fsp3) is 0.500. The van der Waals surface area contributed by atoms with E-state index in [-0.39, 0.29) is 12.0 Å². The van der Waals surface area contributed by atoms with Gasteiger partial charge in [-0.1, -0.05) is 0 Å². The zero-order chi connectivity index (χ0) is 21.3. The molecule has 1 fully saturated rings. The number of carbonyl (C=O) groups excluding carboxylic acids is 1. The Kier molecular flexibility index (Phi) is 5.51. The van der Waals surface area contributed by atoms with Crippen molar-refractivity contribution in [2.75, 3.05) is 24.6 Å². The second-order valence-electron chi connectivity index (χ2n) is 8.72. The SMILES string of the molecule is Cc1cc2c(nc1N1CCC(Oc3ccc(OCC(C)(C)N)nc3)CC1)CNC2=O. The molecule has 0 radical (unpaired) electrons. The van der Waals surface area contributed by atoms with Crippen molar-refractivity contribution in [3.05, 3.63) is 41.2 Å². The lowest BCUT2D eigenvalue weighted by atomic mass is 10.1. The summed E-state index contributed by atoms with van der Waals surface area (Å²) in [5.74, 6) is 2.22. The number of fused-ring (bicyclic) bond motifs is 1. The molecule has 0 bridgehead atoms. The number of ether oxygens (including phenoxy) is 2. The number of pyridine rings is 2. The number of hydrogen-bond acceptors (Lipinski definition) is 7. The summed E-state index contributed by atoms with van der Waals surface area (Å²) in [7, 11) is 0. The number of aryl methyl sites for hydroxylation is 1. The smallest absolute Gasteiger partial charge is 0.253 e. The van der Waals surface area contributed by atoms with E-state index in [0.717, 1.165) is 48.8 Å². The Balaban J connectivity index is 1.32. The van der Waals surface area contributed by atoms with Crippen molar-refractivity contribution in [3.8, 4) is 11.6 Å². The Hall–Kier alpha value is -2.87. The standard InChI is InChI=1S/C22H29N5O3/c1-14-10-17-18(12-25-21(17)28)26-20(14)27-8-6-15(7-9-27)30-16-4-5-19(24-11-16)29-13-22(2,3)23/h4-5,10-11,15H,6-9,12-13,23H2,1-3H3,(H,25,28). The third-order valence-electron chi connectivity index (χ3n) is 5.27. The van der Waals surface area contributed by atoms with Gasteiger partial charge in [0.15, 0.2) is 0 Å². The van der Waals surface area contributed by atoms with Gasteiger partial charge in [-0.3, -0.25) is 4.79 Å². The molecular weight excluding hydrogens is 382 g/mol. The topological polar surface area (TPSA) is 103 Å². The van der Waals surface area contributed by atoms with Gasteiger partial charge >= 0.3 is 0 Å². The van der Waals surface area contributed by atoms with E-state index in [2.05, 4.69) is 15.2 Å². The highest BCUT2D eigenvalue weighted by molar-refractivity contribution is 5.98. The molecule has 1 amide bonds. The van der Waals surface area contributed by atoms with Gasteiger partial charge in [-0.05, 0) is 38.5 Å². The van der Waals surface area contributed by atoms with Crippen LogP contribution in [0, 0.1) is 6.92 Å². The number of aromatic nitrogens is 2. The molecule has 160 valence electrons. The van der Waals surface area contributed by atoms with Gasteiger partial charge in [0, 0.05) is 37.5 Å². The minimum absolute atomic E-state index is 0.0315. The first-order valence-corrected chi connectivity index (χ1v) is 10.4. The molecular formula is C22H29N5O3. The lowest BCUT2D eigenvalue weighted by Gasteiger charge is -2.33. The van der Waals surface area contributed by atoms with Gasteiger partial charge in [0.1, 0.15) is 24.3 Å². The minimum Gasteiger partial charge on any atom is -0.489 e. The second kappa shape index (κ2) is 8.10. The number of nitrogens with two attached hydrogens (primary N) is 1. The number of hydrogen-bond donors (Lipinski definition) is 2. The van der Waals surface area contributed by atoms with Gasteiger partial charge in [0.25, 0.3) is 5.91 Å². The van der Waals surface area contributed by atoms with Gasteiger partial charge in [0.05, 0.1) is 24.0 Å². The lowest BCUT2D eigenvalue weighted by molar-refractivity contribution is 0.0965. The molecule has 0 aromatic carbocycles. The van der Waals surface area contributed by atoms with Crippen molar-refractivity contribution < 1.29 is 14.3 Å². The van der Waals surface area contributed by atoms with Crippen LogP contribution in [0.3, 0.4) is 0 Å². The molecule has 0 unspecified atom stereocenters. The molecule has 0 saturated carbocycles. The van der Waals surface area contributed by atoms with Crippen LogP contribution in [0.4, 0.5) is 5.82 Å². The largest absolute Gasteiger partial charge is 0.489 e. The summed E-state index contributed by atoms with van der Waals surface area (Å²) in [4.78, 5) is 23.2. The van der Waals surface area contributed by atoms with Gasteiger partial charge in [0.2, 0.25) is 5.88 Å². The molecule has 2 aromatic rings. The highest BCUT2D eigenvalue weighted by Crippen LogP contribution is 2.27. The van der Waals surface area contributed by atoms with Crippen LogP contribution in [0.15, 0.2) is 24.4 Å². The third-order valence-corrected chi connectivity index (χ3v) is 5.27. The van der Waals surface area contributed by atoms with Crippen molar-refractivity contribution in [1.29, 1.82) is 0 Å². The number of nitrogens with one attached hydrogen (secondary N) is 1. The maximum atomic E-state index is 11.8. The first kappa shape index (κ1) is 20.4. The quantitative estimate of drug-likeness (QED) is 0.751. The normalized spacial score (nSPS) is 16.9. The molecule has 30 heavy (non-hydrogen) atoms. The van der Waals surface area contributed by atoms with Crippen LogP contribution in [-0.4, -0.2) is 47.2 Å². The summed E-state index contributed by atoms with van der Waals surface area (Å²) in [5, 5.41) is 2.83. The van der Waals surface area contributed by atoms with Crippen molar-refractivity contribution in [1.82, 2.24) is 15.3 Å². The van der Waals surface area contributed by atoms with Crippen molar-refractivity contribution >= 4 is 11.7 Å². The molecule has 3 N–H and O–H groups in total. The van der Waals surface area contributed by atoms with E-state index in [9.17, 15) is 4.79 Å². The van der Waals surface area contributed by atoms with Crippen LogP contribution in [0.2, 0.25) is 0 Å². The zero-order valence-electron chi connectivity index (χ0n) is 17.8. The fourth-order valence-electron chi connectivity index (χ4n) is 3.71. The number of carbonyl (C=O) groups is 1. The highest BCUT2D eigenvalue weighted by Gasteiger charge is 2.26. The molecule has 2 aliphatic rings. The molecule has 4 rings (SSSR count). The average Bonchev–Trinajstić information content (AvgIpc) is 3.07. The van der Waals surface area contributed by atoms with Crippen LogP contribution >= 0.6 is 0 Å². The van der Waals surface area contributed by atoms with E-state index in [1.807, 2.05) is 39.0 Å². The fourth-order valence-corrected chi connectivity index (χ4v) is 3.71. The average molecular weight is 412 g/mol. The predicted molar refractivity (Wildman–Crippen MR) is 114 cm³/mol. The first-order chi connectivity index (χ1) is 14.3. The van der Waals surface area contributed by atoms with Crippen LogP contribution in [-0.2, 0) is 6.54 Å². The van der Waals surface area contributed by atoms with Crippen molar-refractivity contribution in [2.45, 2.75) is 51.8 Å². The Morgan fingerprint density at radius 1 is 1.30 bits per heavy atom.